The Kier molecular flexibility index (Phi) is 4.61. The fourth-order valence-electron chi connectivity index (χ4n) is 2.66. The number of nitrogens with zero attached hydrogens (tertiary/aromatic N) is 3. The third-order valence-electron chi connectivity index (χ3n) is 4.26. The lowest BCUT2D eigenvalue weighted by atomic mass is 10.1. The minimum absolute atomic E-state index is 0.0164. The highest BCUT2D eigenvalue weighted by atomic mass is 35.5. The minimum atomic E-state index is 0.0164. The summed E-state index contributed by atoms with van der Waals surface area (Å²) in [5.41, 5.74) is 1.34. The predicted molar refractivity (Wildman–Crippen MR) is 106 cm³/mol. The summed E-state index contributed by atoms with van der Waals surface area (Å²) in [6.07, 6.45) is 6.84. The quantitative estimate of drug-likeness (QED) is 0.683. The second kappa shape index (κ2) is 7.22. The molecule has 0 radical (unpaired) electrons. The van der Waals surface area contributed by atoms with E-state index < -0.39 is 0 Å². The number of nitrogens with one attached hydrogen (secondary N) is 2. The monoisotopic (exact) mass is 377 g/mol. The highest BCUT2D eigenvalue weighted by Crippen LogP contribution is 2.31. The van der Waals surface area contributed by atoms with E-state index in [0.29, 0.717) is 22.4 Å². The second-order valence-corrected chi connectivity index (χ2v) is 6.70. The minimum Gasteiger partial charge on any atom is -0.373 e. The van der Waals surface area contributed by atoms with Crippen LogP contribution < -0.4 is 10.6 Å². The number of hydrogen-bond donors (Lipinski definition) is 2. The first-order chi connectivity index (χ1) is 13.1. The van der Waals surface area contributed by atoms with Crippen molar-refractivity contribution >= 4 is 39.9 Å². The Morgan fingerprint density at radius 2 is 1.96 bits per heavy atom. The zero-order valence-corrected chi connectivity index (χ0v) is 15.3. The van der Waals surface area contributed by atoms with E-state index in [-0.39, 0.29) is 11.8 Å². The van der Waals surface area contributed by atoms with Crippen molar-refractivity contribution in [3.05, 3.63) is 53.1 Å². The predicted octanol–water partition coefficient (Wildman–Crippen LogP) is 3.47. The lowest BCUT2D eigenvalue weighted by Gasteiger charge is -2.09. The summed E-state index contributed by atoms with van der Waals surface area (Å²) in [6.45, 7) is 0. The first-order valence-electron chi connectivity index (χ1n) is 8.55. The molecule has 0 aliphatic heterocycles. The van der Waals surface area contributed by atoms with Crippen molar-refractivity contribution in [2.24, 2.45) is 5.92 Å². The SMILES string of the molecule is CNc1ncc(C#Cc2ccc(Cl)cn2)c2cc(NC(=O)C3CC3)ncc12. The van der Waals surface area contributed by atoms with Crippen molar-refractivity contribution < 1.29 is 4.79 Å². The molecule has 2 N–H and O–H groups in total. The number of carbonyl (C=O) groups excluding carboxylic acids is 1. The van der Waals surface area contributed by atoms with Crippen LogP contribution in [0.4, 0.5) is 11.6 Å². The third-order valence-corrected chi connectivity index (χ3v) is 4.48. The first-order valence-corrected chi connectivity index (χ1v) is 8.93. The van der Waals surface area contributed by atoms with Gasteiger partial charge in [0.2, 0.25) is 5.91 Å². The summed E-state index contributed by atoms with van der Waals surface area (Å²) in [4.78, 5) is 25.0. The number of fused-ring (bicyclic) bond motifs is 1. The van der Waals surface area contributed by atoms with Crippen LogP contribution in [0.1, 0.15) is 24.1 Å². The van der Waals surface area contributed by atoms with Gasteiger partial charge in [-0.15, -0.1) is 0 Å². The van der Waals surface area contributed by atoms with E-state index in [1.807, 2.05) is 6.07 Å². The molecule has 0 unspecified atom stereocenters. The number of carbonyl (C=O) groups is 1. The van der Waals surface area contributed by atoms with E-state index in [1.165, 1.54) is 0 Å². The summed E-state index contributed by atoms with van der Waals surface area (Å²) in [5, 5.41) is 8.18. The van der Waals surface area contributed by atoms with Gasteiger partial charge in [0.15, 0.2) is 0 Å². The van der Waals surface area contributed by atoms with E-state index in [0.717, 1.165) is 29.2 Å². The van der Waals surface area contributed by atoms with Crippen molar-refractivity contribution in [2.45, 2.75) is 12.8 Å². The molecule has 0 saturated heterocycles. The van der Waals surface area contributed by atoms with Gasteiger partial charge in [-0.1, -0.05) is 17.5 Å². The van der Waals surface area contributed by atoms with Crippen LogP contribution in [-0.4, -0.2) is 27.9 Å². The zero-order chi connectivity index (χ0) is 18.8. The molecule has 1 fully saturated rings. The molecule has 27 heavy (non-hydrogen) atoms. The standard InChI is InChI=1S/C20H16ClN5O/c1-22-19-17-11-24-18(26-20(27)12-2-3-12)8-16(17)13(9-25-19)4-6-15-7-5-14(21)10-23-15/h5,7-12H,2-3H2,1H3,(H,22,25)(H,24,26,27). The number of amides is 1. The Morgan fingerprint density at radius 3 is 2.67 bits per heavy atom. The molecule has 6 nitrogen and oxygen atoms in total. The maximum absolute atomic E-state index is 12.0. The van der Waals surface area contributed by atoms with E-state index in [9.17, 15) is 4.79 Å². The van der Waals surface area contributed by atoms with E-state index in [2.05, 4.69) is 37.4 Å². The van der Waals surface area contributed by atoms with E-state index in [1.54, 1.807) is 37.8 Å². The molecule has 3 aromatic rings. The van der Waals surface area contributed by atoms with Gasteiger partial charge in [0.05, 0.1) is 10.6 Å². The van der Waals surface area contributed by atoms with Gasteiger partial charge in [-0.25, -0.2) is 15.0 Å². The van der Waals surface area contributed by atoms with Crippen LogP contribution in [0.2, 0.25) is 5.02 Å². The van der Waals surface area contributed by atoms with Gasteiger partial charge in [0.1, 0.15) is 17.3 Å². The summed E-state index contributed by atoms with van der Waals surface area (Å²) < 4.78 is 0. The Hall–Kier alpha value is -3.17. The highest BCUT2D eigenvalue weighted by molar-refractivity contribution is 6.30. The van der Waals surface area contributed by atoms with Crippen molar-refractivity contribution in [1.29, 1.82) is 0 Å². The zero-order valence-electron chi connectivity index (χ0n) is 14.6. The fraction of sp³-hybridized carbons (Fsp3) is 0.200. The molecule has 3 heterocycles. The third kappa shape index (κ3) is 3.83. The van der Waals surface area contributed by atoms with Crippen LogP contribution in [0.5, 0.6) is 0 Å². The van der Waals surface area contributed by atoms with Crippen LogP contribution in [0.3, 0.4) is 0 Å². The summed E-state index contributed by atoms with van der Waals surface area (Å²) in [6, 6.07) is 5.33. The van der Waals surface area contributed by atoms with Crippen molar-refractivity contribution in [1.82, 2.24) is 15.0 Å². The molecule has 1 saturated carbocycles. The molecular weight excluding hydrogens is 362 g/mol. The number of hydrogen-bond acceptors (Lipinski definition) is 5. The molecule has 0 aromatic carbocycles. The van der Waals surface area contributed by atoms with E-state index >= 15 is 0 Å². The van der Waals surface area contributed by atoms with Crippen molar-refractivity contribution in [3.63, 3.8) is 0 Å². The number of anilines is 2. The Bertz CT molecular complexity index is 1080. The van der Waals surface area contributed by atoms with Crippen molar-refractivity contribution in [3.8, 4) is 11.8 Å². The molecule has 3 aromatic heterocycles. The van der Waals surface area contributed by atoms with Gasteiger partial charge in [0, 0.05) is 42.3 Å². The van der Waals surface area contributed by atoms with Crippen LogP contribution >= 0.6 is 11.6 Å². The molecule has 0 spiro atoms. The van der Waals surface area contributed by atoms with Crippen LogP contribution in [0, 0.1) is 17.8 Å². The fourth-order valence-corrected chi connectivity index (χ4v) is 2.77. The number of pyridine rings is 3. The highest BCUT2D eigenvalue weighted by Gasteiger charge is 2.29. The van der Waals surface area contributed by atoms with Crippen molar-refractivity contribution in [2.75, 3.05) is 17.7 Å². The van der Waals surface area contributed by atoms with Gasteiger partial charge >= 0.3 is 0 Å². The molecule has 1 amide bonds. The molecular formula is C20H16ClN5O. The topological polar surface area (TPSA) is 79.8 Å². The average molecular weight is 378 g/mol. The Labute approximate surface area is 161 Å². The maximum Gasteiger partial charge on any atom is 0.228 e. The van der Waals surface area contributed by atoms with Gasteiger partial charge in [-0.05, 0) is 37.0 Å². The lowest BCUT2D eigenvalue weighted by molar-refractivity contribution is -0.117. The number of rotatable bonds is 3. The van der Waals surface area contributed by atoms with Gasteiger partial charge in [-0.3, -0.25) is 4.79 Å². The van der Waals surface area contributed by atoms with Gasteiger partial charge in [0.25, 0.3) is 0 Å². The summed E-state index contributed by atoms with van der Waals surface area (Å²) in [7, 11) is 1.80. The first kappa shape index (κ1) is 17.3. The molecule has 4 rings (SSSR count). The average Bonchev–Trinajstić information content (AvgIpc) is 3.52. The number of aromatic nitrogens is 3. The van der Waals surface area contributed by atoms with Gasteiger partial charge < -0.3 is 10.6 Å². The molecule has 1 aliphatic carbocycles. The maximum atomic E-state index is 12.0. The van der Waals surface area contributed by atoms with Gasteiger partial charge in [-0.2, -0.15) is 0 Å². The molecule has 7 heteroatoms. The Balaban J connectivity index is 1.74. The molecule has 0 bridgehead atoms. The van der Waals surface area contributed by atoms with Crippen LogP contribution in [0.25, 0.3) is 10.8 Å². The summed E-state index contributed by atoms with van der Waals surface area (Å²) >= 11 is 5.86. The number of halogens is 1. The summed E-state index contributed by atoms with van der Waals surface area (Å²) in [5.74, 6) is 7.47. The molecule has 0 atom stereocenters. The smallest absolute Gasteiger partial charge is 0.228 e. The Morgan fingerprint density at radius 1 is 1.11 bits per heavy atom. The lowest BCUT2D eigenvalue weighted by Crippen LogP contribution is -2.14. The van der Waals surface area contributed by atoms with E-state index in [4.69, 9.17) is 11.6 Å². The van der Waals surface area contributed by atoms with Crippen LogP contribution in [0.15, 0.2) is 36.8 Å². The second-order valence-electron chi connectivity index (χ2n) is 6.26. The normalized spacial score (nSPS) is 13.0. The van der Waals surface area contributed by atoms with Crippen LogP contribution in [-0.2, 0) is 4.79 Å². The molecule has 1 aliphatic rings. The largest absolute Gasteiger partial charge is 0.373 e. The molecule has 134 valence electrons.